The van der Waals surface area contributed by atoms with Crippen molar-refractivity contribution >= 4 is 6.09 Å². The van der Waals surface area contributed by atoms with Gasteiger partial charge in [-0.25, -0.2) is 4.79 Å². The van der Waals surface area contributed by atoms with E-state index in [4.69, 9.17) is 4.74 Å². The zero-order chi connectivity index (χ0) is 16.0. The van der Waals surface area contributed by atoms with Crippen molar-refractivity contribution in [1.29, 1.82) is 0 Å². The molecule has 0 aliphatic rings. The first-order valence-corrected chi connectivity index (χ1v) is 7.33. The van der Waals surface area contributed by atoms with Crippen LogP contribution in [0.25, 0.3) is 0 Å². The highest BCUT2D eigenvalue weighted by molar-refractivity contribution is 5.69. The lowest BCUT2D eigenvalue weighted by Crippen LogP contribution is -2.50. The van der Waals surface area contributed by atoms with Crippen molar-refractivity contribution in [2.24, 2.45) is 0 Å². The highest BCUT2D eigenvalue weighted by Crippen LogP contribution is 2.17. The Kier molecular flexibility index (Phi) is 7.52. The third kappa shape index (κ3) is 9.15. The van der Waals surface area contributed by atoms with Crippen molar-refractivity contribution in [3.8, 4) is 0 Å². The monoisotopic (exact) mass is 288 g/mol. The highest BCUT2D eigenvalue weighted by Gasteiger charge is 2.30. The lowest BCUT2D eigenvalue weighted by Gasteiger charge is -2.37. The Hall–Kier alpha value is -0.810. The van der Waals surface area contributed by atoms with Crippen molar-refractivity contribution in [3.05, 3.63) is 0 Å². The van der Waals surface area contributed by atoms with Gasteiger partial charge in [0.05, 0.1) is 6.10 Å². The van der Waals surface area contributed by atoms with Gasteiger partial charge in [-0.3, -0.25) is 0 Å². The molecule has 2 N–H and O–H groups in total. The van der Waals surface area contributed by atoms with E-state index in [9.17, 15) is 9.90 Å². The second-order valence-electron chi connectivity index (χ2n) is 7.19. The minimum atomic E-state index is -0.486. The van der Waals surface area contributed by atoms with Crippen molar-refractivity contribution in [3.63, 3.8) is 0 Å². The van der Waals surface area contributed by atoms with Gasteiger partial charge in [0.1, 0.15) is 5.60 Å². The van der Waals surface area contributed by atoms with Gasteiger partial charge in [0.25, 0.3) is 0 Å². The predicted octanol–water partition coefficient (Wildman–Crippen LogP) is 2.38. The number of carbonyl (C=O) groups is 1. The minimum absolute atomic E-state index is 0.283. The van der Waals surface area contributed by atoms with E-state index in [1.54, 1.807) is 11.8 Å². The van der Waals surface area contributed by atoms with Crippen LogP contribution in [0.5, 0.6) is 0 Å². The molecular formula is C15H32N2O3. The first-order valence-electron chi connectivity index (χ1n) is 7.33. The third-order valence-corrected chi connectivity index (χ3v) is 2.67. The second kappa shape index (κ2) is 7.84. The first kappa shape index (κ1) is 19.2. The maximum absolute atomic E-state index is 12.2. The Morgan fingerprint density at radius 3 is 2.15 bits per heavy atom. The van der Waals surface area contributed by atoms with Gasteiger partial charge < -0.3 is 20.1 Å². The molecule has 1 atom stereocenters. The topological polar surface area (TPSA) is 61.8 Å². The third-order valence-electron chi connectivity index (χ3n) is 2.67. The predicted molar refractivity (Wildman–Crippen MR) is 81.9 cm³/mol. The molecule has 0 spiro atoms. The van der Waals surface area contributed by atoms with Crippen molar-refractivity contribution in [2.45, 2.75) is 72.1 Å². The van der Waals surface area contributed by atoms with Gasteiger partial charge in [0, 0.05) is 18.6 Å². The molecule has 0 aliphatic carbocycles. The van der Waals surface area contributed by atoms with Gasteiger partial charge in [-0.15, -0.1) is 0 Å². The number of rotatable bonds is 6. The zero-order valence-electron chi connectivity index (χ0n) is 14.1. The van der Waals surface area contributed by atoms with E-state index in [0.29, 0.717) is 19.5 Å². The number of hydrogen-bond donors (Lipinski definition) is 2. The molecule has 0 aliphatic heterocycles. The van der Waals surface area contributed by atoms with Crippen molar-refractivity contribution < 1.29 is 14.6 Å². The van der Waals surface area contributed by atoms with Crippen LogP contribution in [0.2, 0.25) is 0 Å². The number of aliphatic hydroxyl groups is 1. The molecule has 0 aromatic rings. The molecule has 5 nitrogen and oxygen atoms in total. The Morgan fingerprint density at radius 2 is 1.75 bits per heavy atom. The smallest absolute Gasteiger partial charge is 0.410 e. The first-order chi connectivity index (χ1) is 8.93. The summed E-state index contributed by atoms with van der Waals surface area (Å²) >= 11 is 0. The number of hydrogen-bond acceptors (Lipinski definition) is 4. The fourth-order valence-electron chi connectivity index (χ4n) is 1.64. The molecule has 0 heterocycles. The fraction of sp³-hybridized carbons (Fsp3) is 0.933. The second-order valence-corrected chi connectivity index (χ2v) is 7.19. The molecule has 20 heavy (non-hydrogen) atoms. The average molecular weight is 288 g/mol. The van der Waals surface area contributed by atoms with Gasteiger partial charge in [-0.1, -0.05) is 0 Å². The van der Waals surface area contributed by atoms with E-state index in [1.807, 2.05) is 41.5 Å². The van der Waals surface area contributed by atoms with Crippen molar-refractivity contribution in [2.75, 3.05) is 19.6 Å². The molecule has 0 rings (SSSR count). The lowest BCUT2D eigenvalue weighted by molar-refractivity contribution is 0.00659. The zero-order valence-corrected chi connectivity index (χ0v) is 14.1. The van der Waals surface area contributed by atoms with Crippen LogP contribution in [-0.2, 0) is 4.74 Å². The number of carbonyl (C=O) groups excluding carboxylic acids is 1. The summed E-state index contributed by atoms with van der Waals surface area (Å²) in [7, 11) is 0. The molecule has 5 heteroatoms. The Bertz CT molecular complexity index is 290. The molecule has 0 bridgehead atoms. The van der Waals surface area contributed by atoms with Crippen molar-refractivity contribution in [1.82, 2.24) is 10.2 Å². The normalized spacial score (nSPS) is 14.0. The van der Waals surface area contributed by atoms with Gasteiger partial charge in [-0.2, -0.15) is 0 Å². The molecule has 0 saturated carbocycles. The van der Waals surface area contributed by atoms with E-state index < -0.39 is 5.60 Å². The number of nitrogens with zero attached hydrogens (tertiary/aromatic N) is 1. The minimum Gasteiger partial charge on any atom is -0.444 e. The lowest BCUT2D eigenvalue weighted by atomic mass is 10.1. The molecule has 120 valence electrons. The van der Waals surface area contributed by atoms with Crippen LogP contribution in [0, 0.1) is 0 Å². The van der Waals surface area contributed by atoms with E-state index in [1.165, 1.54) is 0 Å². The molecule has 0 aromatic heterocycles. The summed E-state index contributed by atoms with van der Waals surface area (Å²) in [4.78, 5) is 13.9. The molecule has 1 unspecified atom stereocenters. The van der Waals surface area contributed by atoms with E-state index in [0.717, 1.165) is 6.54 Å². The van der Waals surface area contributed by atoms with Crippen LogP contribution in [0.3, 0.4) is 0 Å². The van der Waals surface area contributed by atoms with Crippen LogP contribution in [-0.4, -0.2) is 53.0 Å². The maximum Gasteiger partial charge on any atom is 0.410 e. The number of ether oxygens (including phenoxy) is 1. The summed E-state index contributed by atoms with van der Waals surface area (Å²) in [6.07, 6.45) is 0.122. The van der Waals surface area contributed by atoms with Crippen LogP contribution in [0.4, 0.5) is 4.79 Å². The van der Waals surface area contributed by atoms with Gasteiger partial charge in [0.15, 0.2) is 0 Å². The molecule has 0 saturated heterocycles. The van der Waals surface area contributed by atoms with E-state index >= 15 is 0 Å². The molecule has 0 radical (unpaired) electrons. The number of amides is 1. The summed E-state index contributed by atoms with van der Waals surface area (Å²) in [5.74, 6) is 0. The quantitative estimate of drug-likeness (QED) is 0.737. The fourth-order valence-corrected chi connectivity index (χ4v) is 1.64. The average Bonchev–Trinajstić information content (AvgIpc) is 2.17. The standard InChI is InChI=1S/C15H32N2O3/c1-12(18)8-9-16-10-11-17(14(2,3)4)13(19)20-15(5,6)7/h12,16,18H,8-11H2,1-7H3. The van der Waals surface area contributed by atoms with Crippen LogP contribution >= 0.6 is 0 Å². The van der Waals surface area contributed by atoms with E-state index in [-0.39, 0.29) is 17.7 Å². The summed E-state index contributed by atoms with van der Waals surface area (Å²) in [6.45, 7) is 15.4. The molecule has 0 aromatic carbocycles. The maximum atomic E-state index is 12.2. The molecular weight excluding hydrogens is 256 g/mol. The summed E-state index contributed by atoms with van der Waals surface area (Å²) < 4.78 is 5.44. The van der Waals surface area contributed by atoms with Crippen LogP contribution in [0.15, 0.2) is 0 Å². The van der Waals surface area contributed by atoms with Gasteiger partial charge >= 0.3 is 6.09 Å². The molecule has 0 fully saturated rings. The Balaban J connectivity index is 4.34. The SMILES string of the molecule is CC(O)CCNCCN(C(=O)OC(C)(C)C)C(C)(C)C. The highest BCUT2D eigenvalue weighted by atomic mass is 16.6. The Labute approximate surface area is 123 Å². The number of nitrogens with one attached hydrogen (secondary N) is 1. The van der Waals surface area contributed by atoms with Crippen LogP contribution in [0.1, 0.15) is 54.9 Å². The molecule has 1 amide bonds. The van der Waals surface area contributed by atoms with E-state index in [2.05, 4.69) is 5.32 Å². The summed E-state index contributed by atoms with van der Waals surface area (Å²) in [5.41, 5.74) is -0.769. The van der Waals surface area contributed by atoms with Crippen LogP contribution < -0.4 is 5.32 Å². The Morgan fingerprint density at radius 1 is 1.20 bits per heavy atom. The van der Waals surface area contributed by atoms with Gasteiger partial charge in [-0.05, 0) is 61.4 Å². The van der Waals surface area contributed by atoms with Gasteiger partial charge in [0.2, 0.25) is 0 Å². The summed E-state index contributed by atoms with van der Waals surface area (Å²) in [5, 5.41) is 12.4. The summed E-state index contributed by atoms with van der Waals surface area (Å²) in [6, 6.07) is 0. The largest absolute Gasteiger partial charge is 0.444 e. The number of aliphatic hydroxyl groups excluding tert-OH is 1.